The minimum Gasteiger partial charge on any atom is -0.383 e. The van der Waals surface area contributed by atoms with Crippen LogP contribution in [0.1, 0.15) is 56.3 Å². The van der Waals surface area contributed by atoms with Crippen LogP contribution in [0.25, 0.3) is 0 Å². The Balaban J connectivity index is 2.63. The molecule has 162 valence electrons. The Kier molecular flexibility index (Phi) is 7.90. The second kappa shape index (κ2) is 10.4. The van der Waals surface area contributed by atoms with Crippen LogP contribution in [0.15, 0.2) is 33.9 Å². The summed E-state index contributed by atoms with van der Waals surface area (Å²) in [6.07, 6.45) is 3.68. The molecule has 0 atom stereocenters. The van der Waals surface area contributed by atoms with Gasteiger partial charge in [0.15, 0.2) is 5.69 Å². The van der Waals surface area contributed by atoms with E-state index in [9.17, 15) is 24.5 Å². The third kappa shape index (κ3) is 4.94. The van der Waals surface area contributed by atoms with E-state index in [1.165, 1.54) is 28.8 Å². The van der Waals surface area contributed by atoms with Gasteiger partial charge in [0, 0.05) is 19.2 Å². The molecule has 0 unspecified atom stereocenters. The van der Waals surface area contributed by atoms with E-state index >= 15 is 0 Å². The number of carbonyl (C=O) groups is 1. The van der Waals surface area contributed by atoms with Gasteiger partial charge < -0.3 is 10.6 Å². The summed E-state index contributed by atoms with van der Waals surface area (Å²) in [6.45, 7) is 4.36. The number of nitro benzene ring substituents is 1. The van der Waals surface area contributed by atoms with Gasteiger partial charge in [0.1, 0.15) is 11.4 Å². The number of nitro groups is 1. The lowest BCUT2D eigenvalue weighted by Crippen LogP contribution is -2.41. The molecule has 1 aromatic heterocycles. The number of nitrogens with zero attached hydrogens (tertiary/aromatic N) is 3. The van der Waals surface area contributed by atoms with Crippen molar-refractivity contribution in [3.05, 3.63) is 60.8 Å². The average Bonchev–Trinajstić information content (AvgIpc) is 2.71. The predicted molar refractivity (Wildman–Crippen MR) is 115 cm³/mol. The molecule has 3 N–H and O–H groups in total. The Labute approximate surface area is 173 Å². The number of nitrogen functional groups attached to an aromatic ring is 1. The van der Waals surface area contributed by atoms with Crippen molar-refractivity contribution in [2.24, 2.45) is 0 Å². The SMILES string of the molecule is CCCCCN(C(=O)c1ccccc1[N+](=O)[O-])c1c(N)n(CCCC)c(=O)[nH]c1=O. The molecule has 0 saturated heterocycles. The van der Waals surface area contributed by atoms with Gasteiger partial charge in [-0.1, -0.05) is 45.2 Å². The van der Waals surface area contributed by atoms with Gasteiger partial charge >= 0.3 is 5.69 Å². The lowest BCUT2D eigenvalue weighted by Gasteiger charge is -2.24. The highest BCUT2D eigenvalue weighted by Gasteiger charge is 2.29. The summed E-state index contributed by atoms with van der Waals surface area (Å²) in [5, 5.41) is 11.4. The lowest BCUT2D eigenvalue weighted by molar-refractivity contribution is -0.385. The maximum absolute atomic E-state index is 13.3. The third-order valence-electron chi connectivity index (χ3n) is 4.78. The predicted octanol–water partition coefficient (Wildman–Crippen LogP) is 2.66. The van der Waals surface area contributed by atoms with E-state index in [-0.39, 0.29) is 35.8 Å². The molecule has 0 radical (unpaired) electrons. The largest absolute Gasteiger partial charge is 0.383 e. The van der Waals surface area contributed by atoms with Gasteiger partial charge in [-0.05, 0) is 18.9 Å². The fraction of sp³-hybridized carbons (Fsp3) is 0.450. The highest BCUT2D eigenvalue weighted by molar-refractivity contribution is 6.09. The number of amides is 1. The smallest absolute Gasteiger partial charge is 0.330 e. The van der Waals surface area contributed by atoms with Gasteiger partial charge in [-0.25, -0.2) is 4.79 Å². The molecular weight excluding hydrogens is 390 g/mol. The quantitative estimate of drug-likeness (QED) is 0.345. The summed E-state index contributed by atoms with van der Waals surface area (Å²) in [7, 11) is 0. The minimum absolute atomic E-state index is 0.124. The first-order chi connectivity index (χ1) is 14.3. The molecule has 2 aromatic rings. The Bertz CT molecular complexity index is 1030. The molecule has 1 aromatic carbocycles. The van der Waals surface area contributed by atoms with Crippen molar-refractivity contribution in [3.8, 4) is 0 Å². The highest BCUT2D eigenvalue weighted by Crippen LogP contribution is 2.25. The molecule has 1 amide bonds. The van der Waals surface area contributed by atoms with Crippen molar-refractivity contribution >= 4 is 23.1 Å². The zero-order valence-electron chi connectivity index (χ0n) is 17.2. The first kappa shape index (κ1) is 22.9. The van der Waals surface area contributed by atoms with Crippen molar-refractivity contribution in [1.82, 2.24) is 9.55 Å². The fourth-order valence-corrected chi connectivity index (χ4v) is 3.17. The number of carbonyl (C=O) groups excluding carboxylic acids is 1. The molecule has 0 spiro atoms. The monoisotopic (exact) mass is 417 g/mol. The van der Waals surface area contributed by atoms with Crippen LogP contribution in [-0.2, 0) is 6.54 Å². The topological polar surface area (TPSA) is 144 Å². The first-order valence-corrected chi connectivity index (χ1v) is 10.0. The van der Waals surface area contributed by atoms with E-state index < -0.39 is 22.1 Å². The number of nitrogens with two attached hydrogens (primary N) is 1. The van der Waals surface area contributed by atoms with Crippen molar-refractivity contribution < 1.29 is 9.72 Å². The van der Waals surface area contributed by atoms with E-state index in [4.69, 9.17) is 5.73 Å². The van der Waals surface area contributed by atoms with Crippen LogP contribution in [0.2, 0.25) is 0 Å². The molecule has 2 rings (SSSR count). The van der Waals surface area contributed by atoms with Crippen molar-refractivity contribution in [2.45, 2.75) is 52.5 Å². The van der Waals surface area contributed by atoms with Gasteiger partial charge in [-0.15, -0.1) is 0 Å². The van der Waals surface area contributed by atoms with Crippen LogP contribution < -0.4 is 21.9 Å². The van der Waals surface area contributed by atoms with E-state index in [2.05, 4.69) is 4.98 Å². The van der Waals surface area contributed by atoms with Crippen LogP contribution in [0.4, 0.5) is 17.2 Å². The standard InChI is InChI=1S/C20H27N5O5/c1-3-5-9-13-23(19(27)14-10-7-8-11-15(14)25(29)30)16-17(21)24(12-6-4-2)20(28)22-18(16)26/h7-8,10-11H,3-6,9,12-13,21H2,1-2H3,(H,22,26,28). The molecule has 0 aliphatic carbocycles. The van der Waals surface area contributed by atoms with E-state index in [1.807, 2.05) is 13.8 Å². The van der Waals surface area contributed by atoms with Crippen molar-refractivity contribution in [3.63, 3.8) is 0 Å². The Morgan fingerprint density at radius 3 is 2.47 bits per heavy atom. The molecule has 1 heterocycles. The first-order valence-electron chi connectivity index (χ1n) is 10.0. The molecule has 0 aliphatic heterocycles. The van der Waals surface area contributed by atoms with Crippen molar-refractivity contribution in [2.75, 3.05) is 17.2 Å². The van der Waals surface area contributed by atoms with Crippen molar-refractivity contribution in [1.29, 1.82) is 0 Å². The number of H-pyrrole nitrogens is 1. The number of hydrogen-bond acceptors (Lipinski definition) is 6. The molecule has 10 heteroatoms. The van der Waals surface area contributed by atoms with Crippen LogP contribution in [0.5, 0.6) is 0 Å². The van der Waals surface area contributed by atoms with Crippen LogP contribution in [0, 0.1) is 10.1 Å². The molecule has 0 fully saturated rings. The number of hydrogen-bond donors (Lipinski definition) is 2. The normalized spacial score (nSPS) is 10.7. The zero-order chi connectivity index (χ0) is 22.3. The van der Waals surface area contributed by atoms with Gasteiger partial charge in [-0.2, -0.15) is 0 Å². The summed E-state index contributed by atoms with van der Waals surface area (Å²) < 4.78 is 1.22. The second-order valence-corrected chi connectivity index (χ2v) is 6.94. The summed E-state index contributed by atoms with van der Waals surface area (Å²) in [5.74, 6) is -0.836. The number of unbranched alkanes of at least 4 members (excludes halogenated alkanes) is 3. The molecule has 30 heavy (non-hydrogen) atoms. The average molecular weight is 417 g/mol. The highest BCUT2D eigenvalue weighted by atomic mass is 16.6. The van der Waals surface area contributed by atoms with Crippen LogP contribution in [0.3, 0.4) is 0 Å². The third-order valence-corrected chi connectivity index (χ3v) is 4.78. The summed E-state index contributed by atoms with van der Waals surface area (Å²) in [6, 6.07) is 5.54. The molecule has 10 nitrogen and oxygen atoms in total. The maximum Gasteiger partial charge on any atom is 0.330 e. The summed E-state index contributed by atoms with van der Waals surface area (Å²) >= 11 is 0. The van der Waals surface area contributed by atoms with Gasteiger partial charge in [0.25, 0.3) is 17.2 Å². The number of anilines is 2. The van der Waals surface area contributed by atoms with Crippen LogP contribution in [-0.4, -0.2) is 26.9 Å². The van der Waals surface area contributed by atoms with E-state index in [0.29, 0.717) is 12.8 Å². The number of benzene rings is 1. The van der Waals surface area contributed by atoms with Gasteiger partial charge in [-0.3, -0.25) is 29.3 Å². The minimum atomic E-state index is -0.798. The van der Waals surface area contributed by atoms with Crippen LogP contribution >= 0.6 is 0 Å². The Hall–Kier alpha value is -3.43. The van der Waals surface area contributed by atoms with Gasteiger partial charge in [0.2, 0.25) is 0 Å². The van der Waals surface area contributed by atoms with E-state index in [0.717, 1.165) is 24.2 Å². The zero-order valence-corrected chi connectivity index (χ0v) is 17.2. The number of nitrogens with one attached hydrogen (secondary N) is 1. The molecular formula is C20H27N5O5. The Morgan fingerprint density at radius 2 is 1.83 bits per heavy atom. The van der Waals surface area contributed by atoms with Gasteiger partial charge in [0.05, 0.1) is 4.92 Å². The number of rotatable bonds is 10. The summed E-state index contributed by atoms with van der Waals surface area (Å²) in [4.78, 5) is 52.3. The number of aromatic amines is 1. The molecule has 0 bridgehead atoms. The second-order valence-electron chi connectivity index (χ2n) is 6.94. The maximum atomic E-state index is 13.3. The molecule has 0 saturated carbocycles. The number of para-hydroxylation sites is 1. The Morgan fingerprint density at radius 1 is 1.17 bits per heavy atom. The lowest BCUT2D eigenvalue weighted by atomic mass is 10.1. The summed E-state index contributed by atoms with van der Waals surface area (Å²) in [5.41, 5.74) is 4.04. The van der Waals surface area contributed by atoms with E-state index in [1.54, 1.807) is 0 Å². The fourth-order valence-electron chi connectivity index (χ4n) is 3.17. The molecule has 0 aliphatic rings. The number of aromatic nitrogens is 2.